The minimum absolute atomic E-state index is 0.0949. The smallest absolute Gasteiger partial charge is 0.355 e. The Balaban J connectivity index is 2.00. The zero-order valence-corrected chi connectivity index (χ0v) is 9.67. The molecule has 17 heavy (non-hydrogen) atoms. The zero-order valence-electron chi connectivity index (χ0n) is 8.91. The summed E-state index contributed by atoms with van der Waals surface area (Å²) in [7, 11) is 0. The Morgan fingerprint density at radius 3 is 2.41 bits per heavy atom. The molecule has 0 unspecified atom stereocenters. The van der Waals surface area contributed by atoms with Gasteiger partial charge in [0.05, 0.1) is 18.3 Å². The first kappa shape index (κ1) is 12.4. The molecular formula is C10H11ClF3N3. The van der Waals surface area contributed by atoms with Crippen LogP contribution in [0.2, 0.25) is 5.15 Å². The normalized spacial score (nSPS) is 18.5. The minimum Gasteiger partial charge on any atom is -0.355 e. The number of rotatable bonds is 1. The van der Waals surface area contributed by atoms with E-state index in [0.717, 1.165) is 0 Å². The van der Waals surface area contributed by atoms with Crippen LogP contribution in [0, 0.1) is 5.92 Å². The number of anilines is 1. The molecule has 0 spiro atoms. The lowest BCUT2D eigenvalue weighted by molar-refractivity contribution is -0.179. The standard InChI is InChI=1S/C10H11ClF3N3/c11-8-5-15-6-9(16-8)17-3-1-7(2-4-17)10(12,13)14/h5-7H,1-4H2. The second kappa shape index (κ2) is 4.68. The van der Waals surface area contributed by atoms with E-state index in [0.29, 0.717) is 18.9 Å². The van der Waals surface area contributed by atoms with Gasteiger partial charge < -0.3 is 4.90 Å². The van der Waals surface area contributed by atoms with Crippen molar-refractivity contribution >= 4 is 17.4 Å². The van der Waals surface area contributed by atoms with Gasteiger partial charge in [-0.2, -0.15) is 13.2 Å². The average Bonchev–Trinajstić information content (AvgIpc) is 2.28. The van der Waals surface area contributed by atoms with Crippen LogP contribution < -0.4 is 4.90 Å². The largest absolute Gasteiger partial charge is 0.391 e. The molecule has 7 heteroatoms. The van der Waals surface area contributed by atoms with Gasteiger partial charge in [-0.3, -0.25) is 4.98 Å². The highest BCUT2D eigenvalue weighted by molar-refractivity contribution is 6.29. The Kier molecular flexibility index (Phi) is 3.42. The van der Waals surface area contributed by atoms with E-state index in [-0.39, 0.29) is 18.0 Å². The number of aromatic nitrogens is 2. The van der Waals surface area contributed by atoms with Gasteiger partial charge in [-0.05, 0) is 12.8 Å². The van der Waals surface area contributed by atoms with Gasteiger partial charge in [0.25, 0.3) is 0 Å². The summed E-state index contributed by atoms with van der Waals surface area (Å²) in [6.07, 6.45) is -0.991. The Hall–Kier alpha value is -1.04. The summed E-state index contributed by atoms with van der Waals surface area (Å²) >= 11 is 5.69. The van der Waals surface area contributed by atoms with Crippen molar-refractivity contribution in [1.29, 1.82) is 0 Å². The summed E-state index contributed by atoms with van der Waals surface area (Å²) < 4.78 is 37.4. The molecule has 0 aromatic carbocycles. The molecule has 3 nitrogen and oxygen atoms in total. The summed E-state index contributed by atoms with van der Waals surface area (Å²) in [5, 5.41) is 0.250. The molecule has 0 atom stereocenters. The SMILES string of the molecule is FC(F)(F)C1CCN(c2cncc(Cl)n2)CC1. The fraction of sp³-hybridized carbons (Fsp3) is 0.600. The van der Waals surface area contributed by atoms with Crippen molar-refractivity contribution in [2.24, 2.45) is 5.92 Å². The van der Waals surface area contributed by atoms with E-state index in [4.69, 9.17) is 11.6 Å². The molecule has 0 aliphatic carbocycles. The monoisotopic (exact) mass is 265 g/mol. The van der Waals surface area contributed by atoms with Crippen molar-refractivity contribution in [3.05, 3.63) is 17.5 Å². The Labute approximate surface area is 102 Å². The van der Waals surface area contributed by atoms with Gasteiger partial charge in [-0.15, -0.1) is 0 Å². The number of hydrogen-bond donors (Lipinski definition) is 0. The molecule has 2 rings (SSSR count). The van der Waals surface area contributed by atoms with Crippen LogP contribution in [0.25, 0.3) is 0 Å². The molecule has 1 aliphatic heterocycles. The number of halogens is 4. The second-order valence-electron chi connectivity index (χ2n) is 4.00. The van der Waals surface area contributed by atoms with E-state index < -0.39 is 12.1 Å². The third kappa shape index (κ3) is 3.00. The van der Waals surface area contributed by atoms with Gasteiger partial charge in [0.1, 0.15) is 11.0 Å². The van der Waals surface area contributed by atoms with E-state index in [2.05, 4.69) is 9.97 Å². The number of hydrogen-bond acceptors (Lipinski definition) is 3. The van der Waals surface area contributed by atoms with Crippen molar-refractivity contribution in [2.45, 2.75) is 19.0 Å². The Bertz CT molecular complexity index is 389. The highest BCUT2D eigenvalue weighted by Crippen LogP contribution is 2.34. The molecule has 1 aliphatic rings. The molecule has 0 bridgehead atoms. The zero-order chi connectivity index (χ0) is 12.5. The average molecular weight is 266 g/mol. The van der Waals surface area contributed by atoms with Gasteiger partial charge in [0.15, 0.2) is 0 Å². The van der Waals surface area contributed by atoms with Gasteiger partial charge in [-0.25, -0.2) is 4.98 Å². The highest BCUT2D eigenvalue weighted by Gasteiger charge is 2.41. The van der Waals surface area contributed by atoms with Crippen molar-refractivity contribution in [2.75, 3.05) is 18.0 Å². The van der Waals surface area contributed by atoms with Crippen LogP contribution in [-0.4, -0.2) is 29.2 Å². The van der Waals surface area contributed by atoms with Crippen LogP contribution in [0.5, 0.6) is 0 Å². The van der Waals surface area contributed by atoms with Gasteiger partial charge in [0.2, 0.25) is 0 Å². The second-order valence-corrected chi connectivity index (χ2v) is 4.39. The fourth-order valence-corrected chi connectivity index (χ4v) is 2.06. The summed E-state index contributed by atoms with van der Waals surface area (Å²) in [5.41, 5.74) is 0. The fourth-order valence-electron chi connectivity index (χ4n) is 1.92. The maximum absolute atomic E-state index is 12.5. The first-order valence-corrected chi connectivity index (χ1v) is 5.64. The lowest BCUT2D eigenvalue weighted by atomic mass is 9.96. The molecule has 0 radical (unpaired) electrons. The number of alkyl halides is 3. The summed E-state index contributed by atoms with van der Waals surface area (Å²) in [4.78, 5) is 9.68. The van der Waals surface area contributed by atoms with E-state index in [1.54, 1.807) is 4.90 Å². The van der Waals surface area contributed by atoms with Gasteiger partial charge >= 0.3 is 6.18 Å². The lowest BCUT2D eigenvalue weighted by Crippen LogP contribution is -2.39. The first-order valence-electron chi connectivity index (χ1n) is 5.26. The molecular weight excluding hydrogens is 255 g/mol. The predicted molar refractivity (Wildman–Crippen MR) is 58.0 cm³/mol. The predicted octanol–water partition coefficient (Wildman–Crippen LogP) is 2.91. The summed E-state index contributed by atoms with van der Waals surface area (Å²) in [6.45, 7) is 0.665. The lowest BCUT2D eigenvalue weighted by Gasteiger charge is -2.33. The topological polar surface area (TPSA) is 29.0 Å². The summed E-state index contributed by atoms with van der Waals surface area (Å²) in [5.74, 6) is -0.663. The van der Waals surface area contributed by atoms with Crippen molar-refractivity contribution in [3.63, 3.8) is 0 Å². The van der Waals surface area contributed by atoms with Gasteiger partial charge in [-0.1, -0.05) is 11.6 Å². The van der Waals surface area contributed by atoms with Crippen LogP contribution in [0.3, 0.4) is 0 Å². The van der Waals surface area contributed by atoms with Crippen molar-refractivity contribution in [1.82, 2.24) is 9.97 Å². The molecule has 2 heterocycles. The maximum Gasteiger partial charge on any atom is 0.391 e. The molecule has 1 saturated heterocycles. The third-order valence-corrected chi connectivity index (χ3v) is 3.06. The molecule has 0 saturated carbocycles. The molecule has 1 aromatic rings. The van der Waals surface area contributed by atoms with E-state index in [1.807, 2.05) is 0 Å². The Morgan fingerprint density at radius 1 is 1.24 bits per heavy atom. The quantitative estimate of drug-likeness (QED) is 0.782. The van der Waals surface area contributed by atoms with Crippen LogP contribution in [0.15, 0.2) is 12.4 Å². The van der Waals surface area contributed by atoms with Gasteiger partial charge in [0, 0.05) is 13.1 Å². The van der Waals surface area contributed by atoms with Crippen molar-refractivity contribution in [3.8, 4) is 0 Å². The number of piperidine rings is 1. The van der Waals surface area contributed by atoms with Crippen molar-refractivity contribution < 1.29 is 13.2 Å². The third-order valence-electron chi connectivity index (χ3n) is 2.87. The molecule has 0 amide bonds. The maximum atomic E-state index is 12.5. The van der Waals surface area contributed by atoms with Crippen LogP contribution in [0.4, 0.5) is 19.0 Å². The van der Waals surface area contributed by atoms with Crippen LogP contribution in [0.1, 0.15) is 12.8 Å². The Morgan fingerprint density at radius 2 is 1.88 bits per heavy atom. The minimum atomic E-state index is -4.09. The molecule has 0 N–H and O–H groups in total. The highest BCUT2D eigenvalue weighted by atomic mass is 35.5. The molecule has 94 valence electrons. The van der Waals surface area contributed by atoms with E-state index in [9.17, 15) is 13.2 Å². The summed E-state index contributed by atoms with van der Waals surface area (Å²) in [6, 6.07) is 0. The first-order chi connectivity index (χ1) is 7.97. The van der Waals surface area contributed by atoms with Crippen LogP contribution >= 0.6 is 11.6 Å². The number of nitrogens with zero attached hydrogens (tertiary/aromatic N) is 3. The van der Waals surface area contributed by atoms with E-state index in [1.165, 1.54) is 12.4 Å². The van der Waals surface area contributed by atoms with E-state index >= 15 is 0 Å². The molecule has 1 aromatic heterocycles. The molecule has 1 fully saturated rings. The van der Waals surface area contributed by atoms with Crippen LogP contribution in [-0.2, 0) is 0 Å².